The number of esters is 1. The topological polar surface area (TPSA) is 66.8 Å². The molecule has 5 nitrogen and oxygen atoms in total. The van der Waals surface area contributed by atoms with Crippen LogP contribution < -0.4 is 4.90 Å². The summed E-state index contributed by atoms with van der Waals surface area (Å²) in [6, 6.07) is 0. The Balaban J connectivity index is 2.41. The van der Waals surface area contributed by atoms with E-state index in [4.69, 9.17) is 0 Å². The lowest BCUT2D eigenvalue weighted by molar-refractivity contribution is -0.117. The van der Waals surface area contributed by atoms with Gasteiger partial charge in [-0.25, -0.2) is 4.79 Å². The van der Waals surface area contributed by atoms with Gasteiger partial charge in [0.1, 0.15) is 4.88 Å². The molecule has 1 amide bonds. The lowest BCUT2D eigenvalue weighted by Gasteiger charge is -2.16. The van der Waals surface area contributed by atoms with Crippen LogP contribution in [0.25, 0.3) is 0 Å². The Labute approximate surface area is 110 Å². The van der Waals surface area contributed by atoms with Crippen LogP contribution in [-0.2, 0) is 9.53 Å². The molecule has 92 valence electrons. The van der Waals surface area contributed by atoms with Crippen LogP contribution in [0.2, 0.25) is 0 Å². The molecule has 0 aromatic carbocycles. The smallest absolute Gasteiger partial charge is 0.350 e. The summed E-state index contributed by atoms with van der Waals surface area (Å²) in [5.74, 6) is -0.674. The van der Waals surface area contributed by atoms with Gasteiger partial charge in [-0.05, 0) is 15.9 Å². The molecule has 7 heteroatoms. The summed E-state index contributed by atoms with van der Waals surface area (Å²) in [5, 5.41) is 11.2. The predicted molar refractivity (Wildman–Crippen MR) is 66.3 cm³/mol. The van der Waals surface area contributed by atoms with Crippen LogP contribution in [0.1, 0.15) is 16.1 Å². The average molecular weight is 320 g/mol. The van der Waals surface area contributed by atoms with E-state index in [2.05, 4.69) is 20.7 Å². The number of ether oxygens (including phenoxy) is 1. The monoisotopic (exact) mass is 319 g/mol. The number of thiophene rings is 1. The molecule has 0 saturated carbocycles. The Hall–Kier alpha value is -0.920. The number of hydrogen-bond acceptors (Lipinski definition) is 5. The van der Waals surface area contributed by atoms with E-state index in [-0.39, 0.29) is 18.9 Å². The summed E-state index contributed by atoms with van der Waals surface area (Å²) >= 11 is 4.50. The summed E-state index contributed by atoms with van der Waals surface area (Å²) in [6.45, 7) is 0.207. The van der Waals surface area contributed by atoms with Gasteiger partial charge in [-0.15, -0.1) is 11.3 Å². The minimum absolute atomic E-state index is 0.0862. The molecule has 0 bridgehead atoms. The molecule has 0 radical (unpaired) electrons. The molecule has 1 atom stereocenters. The zero-order valence-electron chi connectivity index (χ0n) is 8.97. The molecule has 1 unspecified atom stereocenters. The predicted octanol–water partition coefficient (Wildman–Crippen LogP) is 1.39. The van der Waals surface area contributed by atoms with Gasteiger partial charge >= 0.3 is 5.97 Å². The van der Waals surface area contributed by atoms with Crippen LogP contribution in [0, 0.1) is 0 Å². The Bertz CT molecular complexity index is 473. The Kier molecular flexibility index (Phi) is 3.50. The van der Waals surface area contributed by atoms with E-state index in [9.17, 15) is 14.7 Å². The van der Waals surface area contributed by atoms with Gasteiger partial charge in [0, 0.05) is 5.38 Å². The number of halogens is 1. The van der Waals surface area contributed by atoms with E-state index >= 15 is 0 Å². The summed E-state index contributed by atoms with van der Waals surface area (Å²) in [4.78, 5) is 25.0. The van der Waals surface area contributed by atoms with Gasteiger partial charge in [-0.2, -0.15) is 0 Å². The maximum atomic E-state index is 11.7. The van der Waals surface area contributed by atoms with E-state index in [1.54, 1.807) is 5.38 Å². The molecule has 1 N–H and O–H groups in total. The van der Waals surface area contributed by atoms with Crippen LogP contribution >= 0.6 is 27.3 Å². The number of amides is 1. The average Bonchev–Trinajstić information content (AvgIpc) is 2.80. The maximum Gasteiger partial charge on any atom is 0.350 e. The highest BCUT2D eigenvalue weighted by atomic mass is 79.9. The minimum Gasteiger partial charge on any atom is -0.465 e. The zero-order chi connectivity index (χ0) is 12.6. The fourth-order valence-electron chi connectivity index (χ4n) is 1.72. The van der Waals surface area contributed by atoms with Crippen molar-refractivity contribution in [2.75, 3.05) is 18.6 Å². The first kappa shape index (κ1) is 12.5. The second-order valence-corrected chi connectivity index (χ2v) is 5.35. The van der Waals surface area contributed by atoms with Crippen LogP contribution in [-0.4, -0.2) is 36.7 Å². The third-order valence-corrected chi connectivity index (χ3v) is 4.32. The molecule has 1 saturated heterocycles. The molecular weight excluding hydrogens is 310 g/mol. The minimum atomic E-state index is -0.681. The summed E-state index contributed by atoms with van der Waals surface area (Å²) in [5.41, 5.74) is 0.489. The van der Waals surface area contributed by atoms with E-state index in [0.717, 1.165) is 0 Å². The van der Waals surface area contributed by atoms with Crippen LogP contribution in [0.5, 0.6) is 0 Å². The van der Waals surface area contributed by atoms with E-state index < -0.39 is 12.1 Å². The lowest BCUT2D eigenvalue weighted by Crippen LogP contribution is -2.26. The molecular formula is C10H10BrNO4S. The number of hydrogen-bond donors (Lipinski definition) is 1. The van der Waals surface area contributed by atoms with Crippen molar-refractivity contribution in [2.24, 2.45) is 0 Å². The third-order valence-electron chi connectivity index (χ3n) is 2.47. The molecule has 1 aromatic rings. The van der Waals surface area contributed by atoms with Crippen molar-refractivity contribution in [1.29, 1.82) is 0 Å². The molecule has 1 aliphatic rings. The lowest BCUT2D eigenvalue weighted by atomic mass is 10.3. The number of anilines is 1. The molecule has 2 rings (SSSR count). The first-order valence-corrected chi connectivity index (χ1v) is 6.55. The van der Waals surface area contributed by atoms with Gasteiger partial charge in [0.25, 0.3) is 0 Å². The quantitative estimate of drug-likeness (QED) is 0.837. The standard InChI is InChI=1S/C10H10BrNO4S/c1-16-10(15)9-8(6(11)4-17-9)12-3-5(13)2-7(12)14/h4-5,13H,2-3H2,1H3. The van der Waals surface area contributed by atoms with Gasteiger partial charge < -0.3 is 14.7 Å². The second-order valence-electron chi connectivity index (χ2n) is 3.62. The van der Waals surface area contributed by atoms with Crippen molar-refractivity contribution in [3.63, 3.8) is 0 Å². The van der Waals surface area contributed by atoms with E-state index in [1.165, 1.54) is 23.3 Å². The number of carbonyl (C=O) groups is 2. The van der Waals surface area contributed by atoms with Crippen molar-refractivity contribution in [3.05, 3.63) is 14.7 Å². The van der Waals surface area contributed by atoms with Gasteiger partial charge in [0.2, 0.25) is 5.91 Å². The number of β-amino-alcohol motifs (C(OH)–C–C–N with tert-alkyl or cyclic N) is 1. The molecule has 0 aliphatic carbocycles. The van der Waals surface area contributed by atoms with Crippen molar-refractivity contribution < 1.29 is 19.4 Å². The van der Waals surface area contributed by atoms with Gasteiger partial charge in [-0.3, -0.25) is 4.79 Å². The summed E-state index contributed by atoms with van der Waals surface area (Å²) < 4.78 is 5.32. The first-order chi connectivity index (χ1) is 8.04. The highest BCUT2D eigenvalue weighted by molar-refractivity contribution is 9.10. The fraction of sp³-hybridized carbons (Fsp3) is 0.400. The van der Waals surface area contributed by atoms with Gasteiger partial charge in [0.05, 0.1) is 36.3 Å². The van der Waals surface area contributed by atoms with E-state index in [0.29, 0.717) is 15.0 Å². The van der Waals surface area contributed by atoms with Crippen molar-refractivity contribution in [1.82, 2.24) is 0 Å². The molecule has 1 aromatic heterocycles. The number of carbonyl (C=O) groups excluding carboxylic acids is 2. The molecule has 1 fully saturated rings. The maximum absolute atomic E-state index is 11.7. The van der Waals surface area contributed by atoms with Gasteiger partial charge in [0.15, 0.2) is 0 Å². The largest absolute Gasteiger partial charge is 0.465 e. The molecule has 1 aliphatic heterocycles. The fourth-order valence-corrected chi connectivity index (χ4v) is 3.39. The first-order valence-electron chi connectivity index (χ1n) is 4.88. The number of rotatable bonds is 2. The molecule has 2 heterocycles. The Morgan fingerprint density at radius 1 is 1.71 bits per heavy atom. The second kappa shape index (κ2) is 4.75. The molecule has 0 spiro atoms. The Morgan fingerprint density at radius 3 is 2.94 bits per heavy atom. The SMILES string of the molecule is COC(=O)c1scc(Br)c1N1CC(O)CC1=O. The van der Waals surface area contributed by atoms with Crippen LogP contribution in [0.3, 0.4) is 0 Å². The highest BCUT2D eigenvalue weighted by Gasteiger charge is 2.34. The third kappa shape index (κ3) is 2.22. The normalized spacial score (nSPS) is 19.8. The van der Waals surface area contributed by atoms with Crippen LogP contribution in [0.4, 0.5) is 5.69 Å². The molecule has 17 heavy (non-hydrogen) atoms. The summed E-state index contributed by atoms with van der Waals surface area (Å²) in [7, 11) is 1.29. The van der Waals surface area contributed by atoms with Crippen LogP contribution in [0.15, 0.2) is 9.85 Å². The number of aliphatic hydroxyl groups is 1. The number of aliphatic hydroxyl groups excluding tert-OH is 1. The van der Waals surface area contributed by atoms with Crippen molar-refractivity contribution in [3.8, 4) is 0 Å². The zero-order valence-corrected chi connectivity index (χ0v) is 11.4. The highest BCUT2D eigenvalue weighted by Crippen LogP contribution is 2.38. The van der Waals surface area contributed by atoms with Gasteiger partial charge in [-0.1, -0.05) is 0 Å². The number of nitrogens with zero attached hydrogens (tertiary/aromatic N) is 1. The van der Waals surface area contributed by atoms with E-state index in [1.807, 2.05) is 0 Å². The number of methoxy groups -OCH3 is 1. The Morgan fingerprint density at radius 2 is 2.41 bits per heavy atom. The van der Waals surface area contributed by atoms with Crippen molar-refractivity contribution >= 4 is 44.8 Å². The summed E-state index contributed by atoms with van der Waals surface area (Å²) in [6.07, 6.45) is -0.595. The van der Waals surface area contributed by atoms with Crippen molar-refractivity contribution in [2.45, 2.75) is 12.5 Å².